The minimum atomic E-state index is -0.294. The van der Waals surface area contributed by atoms with Crippen molar-refractivity contribution in [3.63, 3.8) is 0 Å². The Bertz CT molecular complexity index is 589. The summed E-state index contributed by atoms with van der Waals surface area (Å²) in [4.78, 5) is 0.965. The molecule has 0 aromatic heterocycles. The van der Waals surface area contributed by atoms with Gasteiger partial charge in [-0.3, -0.25) is 0 Å². The molecule has 1 N–H and O–H groups in total. The van der Waals surface area contributed by atoms with E-state index in [0.717, 1.165) is 10.5 Å². The second-order valence-corrected chi connectivity index (χ2v) is 5.59. The van der Waals surface area contributed by atoms with Gasteiger partial charge in [0.05, 0.1) is 7.11 Å². The first kappa shape index (κ1) is 15.8. The first-order chi connectivity index (χ1) is 10.1. The van der Waals surface area contributed by atoms with E-state index in [1.807, 2.05) is 7.05 Å². The number of hydrogen-bond acceptors (Lipinski definition) is 3. The van der Waals surface area contributed by atoms with Crippen LogP contribution in [-0.4, -0.2) is 19.9 Å². The van der Waals surface area contributed by atoms with Gasteiger partial charge in [-0.1, -0.05) is 0 Å². The van der Waals surface area contributed by atoms with E-state index in [1.54, 1.807) is 37.1 Å². The lowest BCUT2D eigenvalue weighted by Crippen LogP contribution is -2.19. The van der Waals surface area contributed by atoms with Crippen molar-refractivity contribution >= 4 is 11.8 Å². The zero-order chi connectivity index (χ0) is 15.2. The van der Waals surface area contributed by atoms with Crippen molar-refractivity contribution in [2.75, 3.05) is 19.9 Å². The van der Waals surface area contributed by atoms with Gasteiger partial charge in [-0.05, 0) is 49.5 Å². The molecule has 0 heterocycles. The predicted octanol–water partition coefficient (Wildman–Crippen LogP) is 4.03. The zero-order valence-corrected chi connectivity index (χ0v) is 12.7. The third-order valence-corrected chi connectivity index (χ3v) is 4.25. The van der Waals surface area contributed by atoms with Crippen LogP contribution in [0.4, 0.5) is 8.78 Å². The highest BCUT2D eigenvalue weighted by molar-refractivity contribution is 7.99. The molecule has 2 nitrogen and oxygen atoms in total. The van der Waals surface area contributed by atoms with Crippen LogP contribution >= 0.6 is 11.8 Å². The Labute approximate surface area is 127 Å². The summed E-state index contributed by atoms with van der Waals surface area (Å²) in [5.74, 6) is 0.784. The van der Waals surface area contributed by atoms with Gasteiger partial charge in [-0.2, -0.15) is 0 Å². The van der Waals surface area contributed by atoms with Gasteiger partial charge >= 0.3 is 0 Å². The van der Waals surface area contributed by atoms with E-state index in [1.165, 1.54) is 24.3 Å². The molecular weight excluding hydrogens is 292 g/mol. The average molecular weight is 309 g/mol. The van der Waals surface area contributed by atoms with Gasteiger partial charge < -0.3 is 10.1 Å². The molecule has 0 radical (unpaired) electrons. The monoisotopic (exact) mass is 309 g/mol. The summed E-state index contributed by atoms with van der Waals surface area (Å²) in [6.07, 6.45) is 0. The molecule has 0 aliphatic carbocycles. The summed E-state index contributed by atoms with van der Waals surface area (Å²) in [6, 6.07) is 10.7. The predicted molar refractivity (Wildman–Crippen MR) is 81.9 cm³/mol. The van der Waals surface area contributed by atoms with Gasteiger partial charge in [0.2, 0.25) is 0 Å². The Balaban J connectivity index is 2.12. The molecule has 0 amide bonds. The van der Waals surface area contributed by atoms with E-state index in [0.29, 0.717) is 11.5 Å². The SMILES string of the molecule is CNC(CSc1ccc(F)cc1)c1cc(F)ccc1OC. The van der Waals surface area contributed by atoms with Gasteiger partial charge in [0, 0.05) is 22.3 Å². The van der Waals surface area contributed by atoms with Crippen LogP contribution in [0.3, 0.4) is 0 Å². The molecule has 21 heavy (non-hydrogen) atoms. The molecule has 0 aliphatic rings. The van der Waals surface area contributed by atoms with Gasteiger partial charge in [0.25, 0.3) is 0 Å². The van der Waals surface area contributed by atoms with Crippen LogP contribution in [-0.2, 0) is 0 Å². The highest BCUT2D eigenvalue weighted by atomic mass is 32.2. The lowest BCUT2D eigenvalue weighted by atomic mass is 10.1. The number of ether oxygens (including phenoxy) is 1. The first-order valence-corrected chi connectivity index (χ1v) is 7.51. The zero-order valence-electron chi connectivity index (χ0n) is 11.9. The standard InChI is InChI=1S/C16H17F2NOS/c1-19-15(10-21-13-6-3-11(17)4-7-13)14-9-12(18)5-8-16(14)20-2/h3-9,15,19H,10H2,1-2H3. The van der Waals surface area contributed by atoms with Gasteiger partial charge in [0.1, 0.15) is 17.4 Å². The normalized spacial score (nSPS) is 12.2. The number of thioether (sulfide) groups is 1. The topological polar surface area (TPSA) is 21.3 Å². The average Bonchev–Trinajstić information content (AvgIpc) is 2.50. The number of hydrogen-bond donors (Lipinski definition) is 1. The van der Waals surface area contributed by atoms with E-state index in [2.05, 4.69) is 5.32 Å². The van der Waals surface area contributed by atoms with Crippen LogP contribution < -0.4 is 10.1 Å². The summed E-state index contributed by atoms with van der Waals surface area (Å²) in [6.45, 7) is 0. The van der Waals surface area contributed by atoms with E-state index in [-0.39, 0.29) is 17.7 Å². The number of benzene rings is 2. The molecule has 0 spiro atoms. The Morgan fingerprint density at radius 3 is 2.38 bits per heavy atom. The van der Waals surface area contributed by atoms with Crippen LogP contribution in [0.25, 0.3) is 0 Å². The van der Waals surface area contributed by atoms with Crippen molar-refractivity contribution in [2.45, 2.75) is 10.9 Å². The highest BCUT2D eigenvalue weighted by Gasteiger charge is 2.16. The van der Waals surface area contributed by atoms with Crippen LogP contribution in [0.5, 0.6) is 5.75 Å². The van der Waals surface area contributed by atoms with E-state index >= 15 is 0 Å². The maximum Gasteiger partial charge on any atom is 0.123 e. The van der Waals surface area contributed by atoms with Crippen molar-refractivity contribution in [1.82, 2.24) is 5.32 Å². The third-order valence-electron chi connectivity index (χ3n) is 3.15. The van der Waals surface area contributed by atoms with Gasteiger partial charge in [0.15, 0.2) is 0 Å². The van der Waals surface area contributed by atoms with Gasteiger partial charge in [-0.15, -0.1) is 11.8 Å². The molecule has 2 rings (SSSR count). The molecule has 5 heteroatoms. The maximum atomic E-state index is 13.5. The highest BCUT2D eigenvalue weighted by Crippen LogP contribution is 2.30. The molecule has 0 saturated carbocycles. The second-order valence-electron chi connectivity index (χ2n) is 4.49. The maximum absolute atomic E-state index is 13.5. The summed E-state index contributed by atoms with van der Waals surface area (Å²) in [7, 11) is 3.39. The Hall–Kier alpha value is -1.59. The van der Waals surface area contributed by atoms with Crippen molar-refractivity contribution in [1.29, 1.82) is 0 Å². The Morgan fingerprint density at radius 1 is 1.10 bits per heavy atom. The van der Waals surface area contributed by atoms with Crippen LogP contribution in [0.15, 0.2) is 47.4 Å². The summed E-state index contributed by atoms with van der Waals surface area (Å²) in [5.41, 5.74) is 0.773. The fourth-order valence-electron chi connectivity index (χ4n) is 2.02. The van der Waals surface area contributed by atoms with Crippen LogP contribution in [0.1, 0.15) is 11.6 Å². The van der Waals surface area contributed by atoms with Crippen molar-refractivity contribution in [3.05, 3.63) is 59.7 Å². The van der Waals surface area contributed by atoms with Gasteiger partial charge in [-0.25, -0.2) is 8.78 Å². The number of rotatable bonds is 6. The number of halogens is 2. The molecule has 112 valence electrons. The molecule has 0 fully saturated rings. The molecule has 1 unspecified atom stereocenters. The number of nitrogens with one attached hydrogen (secondary N) is 1. The summed E-state index contributed by atoms with van der Waals surface area (Å²) in [5, 5.41) is 3.16. The van der Waals surface area contributed by atoms with E-state index in [4.69, 9.17) is 4.74 Å². The molecular formula is C16H17F2NOS. The van der Waals surface area contributed by atoms with Crippen LogP contribution in [0.2, 0.25) is 0 Å². The smallest absolute Gasteiger partial charge is 0.123 e. The lowest BCUT2D eigenvalue weighted by molar-refractivity contribution is 0.402. The molecule has 0 aliphatic heterocycles. The summed E-state index contributed by atoms with van der Waals surface area (Å²) >= 11 is 1.57. The van der Waals surface area contributed by atoms with Crippen molar-refractivity contribution in [3.8, 4) is 5.75 Å². The molecule has 0 saturated heterocycles. The molecule has 1 atom stereocenters. The quantitative estimate of drug-likeness (QED) is 0.814. The summed E-state index contributed by atoms with van der Waals surface area (Å²) < 4.78 is 31.6. The Morgan fingerprint density at radius 2 is 1.76 bits per heavy atom. The second kappa shape index (κ2) is 7.43. The van der Waals surface area contributed by atoms with Crippen molar-refractivity contribution < 1.29 is 13.5 Å². The van der Waals surface area contributed by atoms with E-state index < -0.39 is 0 Å². The minimum Gasteiger partial charge on any atom is -0.496 e. The van der Waals surface area contributed by atoms with Crippen LogP contribution in [0, 0.1) is 11.6 Å². The number of methoxy groups -OCH3 is 1. The van der Waals surface area contributed by atoms with Crippen molar-refractivity contribution in [2.24, 2.45) is 0 Å². The lowest BCUT2D eigenvalue weighted by Gasteiger charge is -2.19. The molecule has 0 bridgehead atoms. The minimum absolute atomic E-state index is 0.0642. The largest absolute Gasteiger partial charge is 0.496 e. The fourth-order valence-corrected chi connectivity index (χ4v) is 3.05. The first-order valence-electron chi connectivity index (χ1n) is 6.53. The Kier molecular flexibility index (Phi) is 5.59. The fraction of sp³-hybridized carbons (Fsp3) is 0.250. The molecule has 2 aromatic carbocycles. The third kappa shape index (κ3) is 4.19. The molecule has 2 aromatic rings. The van der Waals surface area contributed by atoms with E-state index in [9.17, 15) is 8.78 Å².